The zero-order valence-corrected chi connectivity index (χ0v) is 28.8. The van der Waals surface area contributed by atoms with Crippen LogP contribution in [0.5, 0.6) is 0 Å². The number of hydrogen-bond acceptors (Lipinski definition) is 7. The fraction of sp³-hybridized carbons (Fsp3) is 0.412. The number of rotatable bonds is 8. The van der Waals surface area contributed by atoms with Gasteiger partial charge in [-0.05, 0) is 96.1 Å². The molecule has 1 fully saturated rings. The summed E-state index contributed by atoms with van der Waals surface area (Å²) in [5.41, 5.74) is 5.26. The number of urea groups is 1. The smallest absolute Gasteiger partial charge is 0.319 e. The number of pyridine rings is 2. The van der Waals surface area contributed by atoms with Crippen LogP contribution in [0.3, 0.4) is 0 Å². The van der Waals surface area contributed by atoms with Crippen LogP contribution in [0.25, 0.3) is 0 Å². The molecule has 2 aliphatic rings. The summed E-state index contributed by atoms with van der Waals surface area (Å²) < 4.78 is 2.98. The monoisotopic (exact) mass is 706 g/mol. The molecule has 1 aliphatic carbocycles. The summed E-state index contributed by atoms with van der Waals surface area (Å²) >= 11 is 10.1. The van der Waals surface area contributed by atoms with Crippen LogP contribution in [0, 0.1) is 0 Å². The molecule has 4 aromatic rings. The molecule has 0 spiro atoms. The van der Waals surface area contributed by atoms with Crippen LogP contribution in [-0.2, 0) is 30.8 Å². The first-order valence-electron chi connectivity index (χ1n) is 15.6. The number of hydrogen-bond donors (Lipinski definition) is 1. The number of aryl methyl sites for hydroxylation is 2. The number of nitrogens with zero attached hydrogens (tertiary/aromatic N) is 7. The quantitative estimate of drug-likeness (QED) is 0.230. The average molecular weight is 708 g/mol. The highest BCUT2D eigenvalue weighted by Crippen LogP contribution is 2.38. The fourth-order valence-electron chi connectivity index (χ4n) is 6.18. The molecule has 2 amide bonds. The summed E-state index contributed by atoms with van der Waals surface area (Å²) in [7, 11) is 0. The molecule has 0 radical (unpaired) electrons. The van der Waals surface area contributed by atoms with E-state index in [2.05, 4.69) is 54.3 Å². The van der Waals surface area contributed by atoms with E-state index in [0.717, 1.165) is 33.6 Å². The third-order valence-electron chi connectivity index (χ3n) is 8.28. The lowest BCUT2D eigenvalue weighted by Gasteiger charge is -2.45. The minimum Gasteiger partial charge on any atom is -0.336 e. The maximum absolute atomic E-state index is 13.8. The first-order chi connectivity index (χ1) is 22.1. The standard InChI is InChI=1S/C34H40BrClN8O2/c1-34(2,3)40-33(45)44-16-14-42(32-29-9-8-28(36)18-25(29)6-7-26-17-27(35)20-39-31(26)32)22-30(44)46-43(15-13-41-12-11-38-23-41)21-24-5-4-10-37-19-24/h4-5,8-12,17-20,23,30,32H,6-7,13-16,21-22H2,1-3H3,(H,40,45)/t30-,32+/m0/s1. The highest BCUT2D eigenvalue weighted by Gasteiger charge is 2.39. The molecule has 4 heterocycles. The van der Waals surface area contributed by atoms with Crippen molar-refractivity contribution in [1.29, 1.82) is 0 Å². The van der Waals surface area contributed by atoms with Gasteiger partial charge in [0.2, 0.25) is 0 Å². The summed E-state index contributed by atoms with van der Waals surface area (Å²) in [5.74, 6) is 0. The van der Waals surface area contributed by atoms with E-state index in [0.29, 0.717) is 39.3 Å². The molecule has 242 valence electrons. The van der Waals surface area contributed by atoms with E-state index < -0.39 is 11.8 Å². The number of hydroxylamine groups is 2. The molecule has 12 heteroatoms. The van der Waals surface area contributed by atoms with E-state index in [9.17, 15) is 4.79 Å². The van der Waals surface area contributed by atoms with Crippen molar-refractivity contribution in [3.05, 3.63) is 111 Å². The van der Waals surface area contributed by atoms with E-state index in [1.165, 1.54) is 16.7 Å². The first kappa shape index (κ1) is 32.6. The maximum atomic E-state index is 13.8. The summed E-state index contributed by atoms with van der Waals surface area (Å²) in [5, 5.41) is 5.82. The molecule has 0 unspecified atom stereocenters. The molecule has 6 rings (SSSR count). The fourth-order valence-corrected chi connectivity index (χ4v) is 6.76. The minimum absolute atomic E-state index is 0.116. The molecule has 46 heavy (non-hydrogen) atoms. The Kier molecular flexibility index (Phi) is 10.0. The number of carbonyl (C=O) groups excluding carboxylic acids is 1. The van der Waals surface area contributed by atoms with Crippen molar-refractivity contribution in [2.45, 2.75) is 64.5 Å². The summed E-state index contributed by atoms with van der Waals surface area (Å²) in [4.78, 5) is 38.3. The predicted molar refractivity (Wildman–Crippen MR) is 181 cm³/mol. The van der Waals surface area contributed by atoms with Gasteiger partial charge in [0.1, 0.15) is 0 Å². The van der Waals surface area contributed by atoms with Crippen LogP contribution >= 0.6 is 27.5 Å². The number of benzene rings is 1. The molecule has 10 nitrogen and oxygen atoms in total. The Morgan fingerprint density at radius 1 is 1.11 bits per heavy atom. The molecule has 0 saturated carbocycles. The Morgan fingerprint density at radius 2 is 1.96 bits per heavy atom. The highest BCUT2D eigenvalue weighted by molar-refractivity contribution is 9.10. The summed E-state index contributed by atoms with van der Waals surface area (Å²) in [6.07, 6.45) is 12.2. The normalized spacial score (nSPS) is 18.6. The average Bonchev–Trinajstić information content (AvgIpc) is 3.49. The van der Waals surface area contributed by atoms with E-state index in [1.54, 1.807) is 18.7 Å². The number of aromatic nitrogens is 4. The molecule has 1 aliphatic heterocycles. The van der Waals surface area contributed by atoms with Crippen molar-refractivity contribution in [1.82, 2.24) is 39.7 Å². The number of imidazole rings is 1. The van der Waals surface area contributed by atoms with Crippen LogP contribution < -0.4 is 5.32 Å². The molecule has 1 saturated heterocycles. The first-order valence-corrected chi connectivity index (χ1v) is 16.8. The molecular formula is C34H40BrClN8O2. The van der Waals surface area contributed by atoms with E-state index >= 15 is 0 Å². The second-order valence-electron chi connectivity index (χ2n) is 12.9. The number of fused-ring (bicyclic) bond motifs is 2. The van der Waals surface area contributed by atoms with Crippen LogP contribution in [0.2, 0.25) is 5.02 Å². The van der Waals surface area contributed by atoms with Gasteiger partial charge in [-0.1, -0.05) is 23.7 Å². The Balaban J connectivity index is 1.34. The van der Waals surface area contributed by atoms with Gasteiger partial charge in [0.15, 0.2) is 6.23 Å². The van der Waals surface area contributed by atoms with Crippen molar-refractivity contribution in [3.8, 4) is 0 Å². The molecule has 2 atom stereocenters. The Bertz CT molecular complexity index is 1580. The Morgan fingerprint density at radius 3 is 2.72 bits per heavy atom. The van der Waals surface area contributed by atoms with Gasteiger partial charge in [0.05, 0.1) is 24.6 Å². The van der Waals surface area contributed by atoms with Crippen molar-refractivity contribution in [3.63, 3.8) is 0 Å². The van der Waals surface area contributed by atoms with Crippen molar-refractivity contribution in [2.24, 2.45) is 0 Å². The van der Waals surface area contributed by atoms with Crippen molar-refractivity contribution < 1.29 is 9.63 Å². The minimum atomic E-state index is -0.562. The maximum Gasteiger partial charge on any atom is 0.319 e. The molecule has 1 N–H and O–H groups in total. The lowest BCUT2D eigenvalue weighted by atomic mass is 9.96. The molecule has 1 aromatic carbocycles. The summed E-state index contributed by atoms with van der Waals surface area (Å²) in [6, 6.07) is 12.0. The van der Waals surface area contributed by atoms with E-state index in [1.807, 2.05) is 72.1 Å². The van der Waals surface area contributed by atoms with Gasteiger partial charge >= 0.3 is 6.03 Å². The second kappa shape index (κ2) is 14.2. The topological polar surface area (TPSA) is 91.7 Å². The van der Waals surface area contributed by atoms with Gasteiger partial charge in [0, 0.05) is 78.7 Å². The zero-order valence-electron chi connectivity index (χ0n) is 26.4. The number of amides is 2. The lowest BCUT2D eigenvalue weighted by molar-refractivity contribution is -0.251. The largest absolute Gasteiger partial charge is 0.336 e. The van der Waals surface area contributed by atoms with Crippen LogP contribution in [0.4, 0.5) is 4.79 Å². The van der Waals surface area contributed by atoms with Gasteiger partial charge in [-0.25, -0.2) is 9.78 Å². The van der Waals surface area contributed by atoms with Crippen LogP contribution in [0.15, 0.2) is 78.2 Å². The number of piperazine rings is 1. The van der Waals surface area contributed by atoms with Gasteiger partial charge < -0.3 is 9.88 Å². The van der Waals surface area contributed by atoms with Gasteiger partial charge in [-0.15, -0.1) is 0 Å². The van der Waals surface area contributed by atoms with Crippen molar-refractivity contribution in [2.75, 3.05) is 26.2 Å². The van der Waals surface area contributed by atoms with E-state index in [4.69, 9.17) is 21.4 Å². The third kappa shape index (κ3) is 7.95. The summed E-state index contributed by atoms with van der Waals surface area (Å²) in [6.45, 7) is 9.36. The van der Waals surface area contributed by atoms with Crippen LogP contribution in [0.1, 0.15) is 54.8 Å². The third-order valence-corrected chi connectivity index (χ3v) is 8.95. The second-order valence-corrected chi connectivity index (χ2v) is 14.2. The Hall–Kier alpha value is -3.35. The lowest BCUT2D eigenvalue weighted by Crippen LogP contribution is -2.62. The number of carbonyl (C=O) groups is 1. The molecule has 3 aromatic heterocycles. The van der Waals surface area contributed by atoms with Crippen LogP contribution in [-0.4, -0.2) is 78.4 Å². The molecular weight excluding hydrogens is 668 g/mol. The van der Waals surface area contributed by atoms with E-state index in [-0.39, 0.29) is 12.1 Å². The van der Waals surface area contributed by atoms with Gasteiger partial charge in [-0.2, -0.15) is 5.06 Å². The Labute approximate surface area is 283 Å². The number of halogens is 2. The predicted octanol–water partition coefficient (Wildman–Crippen LogP) is 5.86. The van der Waals surface area contributed by atoms with Crippen molar-refractivity contribution >= 4 is 33.6 Å². The highest BCUT2D eigenvalue weighted by atomic mass is 79.9. The van der Waals surface area contributed by atoms with Gasteiger partial charge in [0.25, 0.3) is 0 Å². The number of nitrogens with one attached hydrogen (secondary N) is 1. The molecule has 0 bridgehead atoms. The zero-order chi connectivity index (χ0) is 32.3. The SMILES string of the molecule is CC(C)(C)NC(=O)N1CCN([C@@H]2c3ccc(Cl)cc3CCc3cc(Br)cnc32)C[C@@H]1ON(CCn1ccnc1)Cc1cccnc1. The van der Waals surface area contributed by atoms with Gasteiger partial charge in [-0.3, -0.25) is 24.6 Å².